The van der Waals surface area contributed by atoms with E-state index in [9.17, 15) is 9.59 Å². The molecule has 1 saturated carbocycles. The van der Waals surface area contributed by atoms with Crippen LogP contribution >= 0.6 is 0 Å². The molecule has 0 radical (unpaired) electrons. The van der Waals surface area contributed by atoms with E-state index in [1.807, 2.05) is 41.5 Å². The van der Waals surface area contributed by atoms with Crippen LogP contribution in [0.3, 0.4) is 0 Å². The van der Waals surface area contributed by atoms with Gasteiger partial charge in [0.15, 0.2) is 0 Å². The van der Waals surface area contributed by atoms with Crippen LogP contribution in [-0.2, 0) is 29.1 Å². The molecule has 0 N–H and O–H groups in total. The van der Waals surface area contributed by atoms with E-state index in [2.05, 4.69) is 6.92 Å². The molecule has 3 unspecified atom stereocenters. The lowest BCUT2D eigenvalue weighted by Gasteiger charge is -2.35. The summed E-state index contributed by atoms with van der Waals surface area (Å²) in [7, 11) is 0. The molecule has 0 spiro atoms. The molecule has 0 aromatic heterocycles. The van der Waals surface area contributed by atoms with E-state index in [0.29, 0.717) is 18.3 Å². The van der Waals surface area contributed by atoms with Gasteiger partial charge in [-0.2, -0.15) is 9.78 Å². The van der Waals surface area contributed by atoms with Gasteiger partial charge in [-0.3, -0.25) is 9.78 Å². The van der Waals surface area contributed by atoms with Gasteiger partial charge >= 0.3 is 11.9 Å². The quantitative estimate of drug-likeness (QED) is 0.121. The van der Waals surface area contributed by atoms with Gasteiger partial charge in [0, 0.05) is 6.42 Å². The molecule has 0 saturated heterocycles. The normalized spacial score (nSPS) is 21.1. The Kier molecular flexibility index (Phi) is 15.1. The maximum absolute atomic E-state index is 12.9. The number of hydrogen-bond donors (Lipinski definition) is 0. The van der Waals surface area contributed by atoms with Crippen molar-refractivity contribution >= 4 is 11.9 Å². The van der Waals surface area contributed by atoms with E-state index >= 15 is 0 Å². The monoisotopic (exact) mass is 498 g/mol. The lowest BCUT2D eigenvalue weighted by Crippen LogP contribution is -2.34. The smallest absolute Gasteiger partial charge is 0.298 e. The minimum atomic E-state index is -0.495. The number of carbonyl (C=O) groups excluding carboxylic acids is 2. The lowest BCUT2D eigenvalue weighted by molar-refractivity contribution is -0.324. The summed E-state index contributed by atoms with van der Waals surface area (Å²) in [6.07, 6.45) is 16.1. The molecule has 1 rings (SSSR count). The summed E-state index contributed by atoms with van der Waals surface area (Å²) in [5, 5.41) is 0. The molecule has 0 aliphatic heterocycles. The van der Waals surface area contributed by atoms with Gasteiger partial charge in [0.1, 0.15) is 11.2 Å². The molecule has 0 aromatic rings. The molecule has 35 heavy (non-hydrogen) atoms. The molecule has 206 valence electrons. The van der Waals surface area contributed by atoms with Crippen molar-refractivity contribution < 1.29 is 29.1 Å². The number of hydrogen-bond acceptors (Lipinski definition) is 6. The summed E-state index contributed by atoms with van der Waals surface area (Å²) in [6.45, 7) is 13.5. The summed E-state index contributed by atoms with van der Waals surface area (Å²) < 4.78 is 0. The number of unbranched alkanes of at least 4 members (excludes halogenated alkanes) is 7. The first-order chi connectivity index (χ1) is 16.4. The Balaban J connectivity index is 2.38. The number of rotatable bonds is 16. The predicted molar refractivity (Wildman–Crippen MR) is 139 cm³/mol. The first-order valence-corrected chi connectivity index (χ1v) is 14.2. The third-order valence-electron chi connectivity index (χ3n) is 6.58. The Morgan fingerprint density at radius 1 is 0.714 bits per heavy atom. The lowest BCUT2D eigenvalue weighted by atomic mass is 9.71. The standard InChI is InChI=1S/C29H54O6/c1-8-9-10-14-17-23-20-21-24(25(22-23)27(31)33-35-29(5,6)7)18-15-12-11-13-16-19-26(30)32-34-28(2,3)4/h23-25H,8-22H2,1-7H3. The third-order valence-corrected chi connectivity index (χ3v) is 6.58. The molecule has 1 aliphatic rings. The van der Waals surface area contributed by atoms with Crippen molar-refractivity contribution in [2.24, 2.45) is 17.8 Å². The van der Waals surface area contributed by atoms with Gasteiger partial charge in [0.2, 0.25) is 0 Å². The van der Waals surface area contributed by atoms with Gasteiger partial charge in [-0.25, -0.2) is 9.59 Å². The Morgan fingerprint density at radius 3 is 1.94 bits per heavy atom. The molecule has 3 atom stereocenters. The summed E-state index contributed by atoms with van der Waals surface area (Å²) in [6, 6.07) is 0. The van der Waals surface area contributed by atoms with Gasteiger partial charge in [0.05, 0.1) is 5.92 Å². The molecule has 6 heteroatoms. The Hall–Kier alpha value is -1.14. The van der Waals surface area contributed by atoms with E-state index in [4.69, 9.17) is 19.6 Å². The highest BCUT2D eigenvalue weighted by atomic mass is 17.2. The highest BCUT2D eigenvalue weighted by molar-refractivity contribution is 5.72. The molecule has 0 bridgehead atoms. The van der Waals surface area contributed by atoms with Crippen LogP contribution in [0.15, 0.2) is 0 Å². The van der Waals surface area contributed by atoms with Crippen molar-refractivity contribution in [3.63, 3.8) is 0 Å². The fourth-order valence-electron chi connectivity index (χ4n) is 4.72. The van der Waals surface area contributed by atoms with Crippen LogP contribution in [0.1, 0.15) is 145 Å². The van der Waals surface area contributed by atoms with Crippen molar-refractivity contribution in [1.82, 2.24) is 0 Å². The van der Waals surface area contributed by atoms with Gasteiger partial charge in [-0.05, 0) is 79.1 Å². The van der Waals surface area contributed by atoms with Gasteiger partial charge in [-0.1, -0.05) is 71.1 Å². The fraction of sp³-hybridized carbons (Fsp3) is 0.931. The topological polar surface area (TPSA) is 71.1 Å². The van der Waals surface area contributed by atoms with Crippen LogP contribution in [0.4, 0.5) is 0 Å². The van der Waals surface area contributed by atoms with Crippen molar-refractivity contribution in [3.05, 3.63) is 0 Å². The molecular formula is C29H54O6. The van der Waals surface area contributed by atoms with Crippen molar-refractivity contribution in [3.8, 4) is 0 Å². The second-order valence-electron chi connectivity index (χ2n) is 12.5. The molecule has 1 aliphatic carbocycles. The predicted octanol–water partition coefficient (Wildman–Crippen LogP) is 8.27. The van der Waals surface area contributed by atoms with E-state index in [1.54, 1.807) is 0 Å². The fourth-order valence-corrected chi connectivity index (χ4v) is 4.72. The highest BCUT2D eigenvalue weighted by Crippen LogP contribution is 2.40. The molecule has 0 amide bonds. The first kappa shape index (κ1) is 31.9. The second-order valence-corrected chi connectivity index (χ2v) is 12.5. The van der Waals surface area contributed by atoms with Gasteiger partial charge in [-0.15, -0.1) is 0 Å². The zero-order valence-corrected chi connectivity index (χ0v) is 23.8. The van der Waals surface area contributed by atoms with Crippen LogP contribution in [0, 0.1) is 17.8 Å². The summed E-state index contributed by atoms with van der Waals surface area (Å²) >= 11 is 0. The SMILES string of the molecule is CCCCCCC1CCC(CCCCCCCC(=O)OOC(C)(C)C)C(C(=O)OOC(C)(C)C)C1. The summed E-state index contributed by atoms with van der Waals surface area (Å²) in [5.41, 5.74) is -0.975. The van der Waals surface area contributed by atoms with Crippen LogP contribution in [0.2, 0.25) is 0 Å². The van der Waals surface area contributed by atoms with E-state index in [-0.39, 0.29) is 17.9 Å². The molecular weight excluding hydrogens is 444 g/mol. The third kappa shape index (κ3) is 16.3. The second kappa shape index (κ2) is 16.6. The summed E-state index contributed by atoms with van der Waals surface area (Å²) in [5.74, 6) is 0.462. The van der Waals surface area contributed by atoms with E-state index in [0.717, 1.165) is 51.4 Å². The maximum Gasteiger partial charge on any atom is 0.345 e. The average molecular weight is 499 g/mol. The molecule has 1 fully saturated rings. The largest absolute Gasteiger partial charge is 0.345 e. The van der Waals surface area contributed by atoms with E-state index < -0.39 is 11.2 Å². The van der Waals surface area contributed by atoms with Crippen LogP contribution < -0.4 is 0 Å². The molecule has 0 heterocycles. The average Bonchev–Trinajstić information content (AvgIpc) is 2.78. The zero-order valence-electron chi connectivity index (χ0n) is 23.8. The first-order valence-electron chi connectivity index (χ1n) is 14.2. The van der Waals surface area contributed by atoms with Gasteiger partial charge < -0.3 is 0 Å². The maximum atomic E-state index is 12.9. The Bertz CT molecular complexity index is 589. The molecule has 0 aromatic carbocycles. The Labute approximate surface area is 215 Å². The van der Waals surface area contributed by atoms with Crippen molar-refractivity contribution in [2.75, 3.05) is 0 Å². The van der Waals surface area contributed by atoms with E-state index in [1.165, 1.54) is 38.5 Å². The Morgan fingerprint density at radius 2 is 1.29 bits per heavy atom. The highest BCUT2D eigenvalue weighted by Gasteiger charge is 2.37. The van der Waals surface area contributed by atoms with Crippen molar-refractivity contribution in [1.29, 1.82) is 0 Å². The van der Waals surface area contributed by atoms with Gasteiger partial charge in [0.25, 0.3) is 0 Å². The van der Waals surface area contributed by atoms with Crippen molar-refractivity contribution in [2.45, 2.75) is 156 Å². The summed E-state index contributed by atoms with van der Waals surface area (Å²) in [4.78, 5) is 45.2. The van der Waals surface area contributed by atoms with Crippen LogP contribution in [-0.4, -0.2) is 23.1 Å². The van der Waals surface area contributed by atoms with Crippen LogP contribution in [0.25, 0.3) is 0 Å². The minimum Gasteiger partial charge on any atom is -0.298 e. The number of carbonyl (C=O) groups is 2. The molecule has 6 nitrogen and oxygen atoms in total. The minimum absolute atomic E-state index is 0.0557. The van der Waals surface area contributed by atoms with Crippen LogP contribution in [0.5, 0.6) is 0 Å². The zero-order chi connectivity index (χ0) is 26.3.